The molecule has 2 rings (SSSR count). The highest BCUT2D eigenvalue weighted by atomic mass is 35.5. The van der Waals surface area contributed by atoms with Crippen LogP contribution < -0.4 is 18.1 Å². The average molecular weight is 357 g/mol. The molecule has 0 aliphatic heterocycles. The number of imidazole rings is 1. The number of nitrogens with zero attached hydrogens (tertiary/aromatic N) is 7. The van der Waals surface area contributed by atoms with E-state index in [0.29, 0.717) is 34.6 Å². The zero-order valence-electron chi connectivity index (χ0n) is 14.7. The largest absolute Gasteiger partial charge is 1.00 e. The number of quaternary nitrogens is 1. The van der Waals surface area contributed by atoms with E-state index in [9.17, 15) is 5.11 Å². The van der Waals surface area contributed by atoms with E-state index in [1.165, 1.54) is 0 Å². The summed E-state index contributed by atoms with van der Waals surface area (Å²) in [5, 5.41) is 10.3. The van der Waals surface area contributed by atoms with E-state index in [-0.39, 0.29) is 18.4 Å². The monoisotopic (exact) mass is 356 g/mol. The van der Waals surface area contributed by atoms with E-state index in [4.69, 9.17) is 5.73 Å². The number of anilines is 1. The van der Waals surface area contributed by atoms with Gasteiger partial charge in [0.15, 0.2) is 17.0 Å². The number of nitrogen functional groups attached to an aromatic ring is 1. The van der Waals surface area contributed by atoms with Crippen LogP contribution >= 0.6 is 0 Å². The molecular weight excluding hydrogens is 332 g/mol. The lowest BCUT2D eigenvalue weighted by molar-refractivity contribution is -0.873. The van der Waals surface area contributed by atoms with Crippen molar-refractivity contribution in [1.29, 1.82) is 0 Å². The molecule has 10 heteroatoms. The van der Waals surface area contributed by atoms with Gasteiger partial charge in [-0.15, -0.1) is 0 Å². The van der Waals surface area contributed by atoms with Crippen molar-refractivity contribution >= 4 is 29.3 Å². The van der Waals surface area contributed by atoms with Crippen LogP contribution in [0.3, 0.4) is 0 Å². The van der Waals surface area contributed by atoms with E-state index in [1.54, 1.807) is 22.1 Å². The number of aromatic nitrogens is 4. The average Bonchev–Trinajstić information content (AvgIpc) is 2.76. The number of halogens is 1. The van der Waals surface area contributed by atoms with Crippen molar-refractivity contribution < 1.29 is 22.0 Å². The SMILES string of the molecule is CN(C)/C=N/c1nc(N)nc2c1ncn2CC(O)C[N+](C)(C)C.[Cl-]. The van der Waals surface area contributed by atoms with Crippen LogP contribution in [0.1, 0.15) is 0 Å². The molecule has 1 unspecified atom stereocenters. The van der Waals surface area contributed by atoms with Crippen molar-refractivity contribution in [1.82, 2.24) is 24.4 Å². The van der Waals surface area contributed by atoms with Crippen molar-refractivity contribution in [3.8, 4) is 0 Å². The molecule has 0 aliphatic rings. The summed E-state index contributed by atoms with van der Waals surface area (Å²) < 4.78 is 2.45. The molecule has 134 valence electrons. The van der Waals surface area contributed by atoms with Gasteiger partial charge in [-0.3, -0.25) is 0 Å². The van der Waals surface area contributed by atoms with Crippen LogP contribution in [0.15, 0.2) is 11.3 Å². The number of aliphatic hydroxyl groups excluding tert-OH is 1. The molecule has 0 fully saturated rings. The predicted octanol–water partition coefficient (Wildman–Crippen LogP) is -3.30. The zero-order chi connectivity index (χ0) is 17.2. The Bertz CT molecular complexity index is 707. The first-order valence-electron chi connectivity index (χ1n) is 7.33. The molecule has 0 saturated heterocycles. The molecule has 9 nitrogen and oxygen atoms in total. The van der Waals surface area contributed by atoms with Crippen LogP contribution in [0.2, 0.25) is 0 Å². The minimum Gasteiger partial charge on any atom is -1.00 e. The molecule has 0 radical (unpaired) electrons. The van der Waals surface area contributed by atoms with E-state index >= 15 is 0 Å². The Morgan fingerprint density at radius 3 is 2.62 bits per heavy atom. The van der Waals surface area contributed by atoms with Crippen molar-refractivity contribution in [2.24, 2.45) is 4.99 Å². The molecule has 2 aromatic heterocycles. The number of aliphatic imine (C=N–C) groups is 1. The molecule has 2 aromatic rings. The van der Waals surface area contributed by atoms with Crippen LogP contribution in [-0.2, 0) is 6.54 Å². The molecule has 2 heterocycles. The Labute approximate surface area is 147 Å². The second-order valence-corrected chi connectivity index (χ2v) is 6.81. The van der Waals surface area contributed by atoms with E-state index in [2.05, 4.69) is 19.9 Å². The minimum absolute atomic E-state index is 0. The lowest BCUT2D eigenvalue weighted by Gasteiger charge is -2.26. The van der Waals surface area contributed by atoms with Crippen LogP contribution in [0.4, 0.5) is 11.8 Å². The van der Waals surface area contributed by atoms with Gasteiger partial charge < -0.3 is 37.2 Å². The first-order valence-corrected chi connectivity index (χ1v) is 7.33. The third kappa shape index (κ3) is 5.29. The first-order chi connectivity index (χ1) is 10.7. The summed E-state index contributed by atoms with van der Waals surface area (Å²) in [4.78, 5) is 18.8. The maximum atomic E-state index is 10.3. The summed E-state index contributed by atoms with van der Waals surface area (Å²) in [7, 11) is 9.83. The van der Waals surface area contributed by atoms with Crippen LogP contribution in [-0.4, -0.2) is 88.2 Å². The van der Waals surface area contributed by atoms with Gasteiger partial charge in [0.2, 0.25) is 5.95 Å². The summed E-state index contributed by atoms with van der Waals surface area (Å²) in [6, 6.07) is 0. The number of aliphatic hydroxyl groups is 1. The fraction of sp³-hybridized carbons (Fsp3) is 0.571. The van der Waals surface area contributed by atoms with Crippen LogP contribution in [0, 0.1) is 0 Å². The number of fused-ring (bicyclic) bond motifs is 1. The first kappa shape index (κ1) is 20.1. The van der Waals surface area contributed by atoms with Crippen molar-refractivity contribution in [2.45, 2.75) is 12.6 Å². The summed E-state index contributed by atoms with van der Waals surface area (Å²) in [6.07, 6.45) is 2.75. The van der Waals surface area contributed by atoms with Gasteiger partial charge in [0.05, 0.1) is 40.4 Å². The number of nitrogens with two attached hydrogens (primary N) is 1. The van der Waals surface area contributed by atoms with Crippen molar-refractivity contribution in [3.05, 3.63) is 6.33 Å². The molecule has 24 heavy (non-hydrogen) atoms. The zero-order valence-corrected chi connectivity index (χ0v) is 15.4. The van der Waals surface area contributed by atoms with Gasteiger partial charge in [0.25, 0.3) is 0 Å². The molecule has 0 spiro atoms. The lowest BCUT2D eigenvalue weighted by Crippen LogP contribution is -3.00. The number of hydrogen-bond acceptors (Lipinski definition) is 6. The van der Waals surface area contributed by atoms with E-state index in [1.807, 2.05) is 35.2 Å². The van der Waals surface area contributed by atoms with E-state index < -0.39 is 6.10 Å². The van der Waals surface area contributed by atoms with Gasteiger partial charge in [-0.2, -0.15) is 9.97 Å². The van der Waals surface area contributed by atoms with Gasteiger partial charge >= 0.3 is 0 Å². The number of hydrogen-bond donors (Lipinski definition) is 2. The van der Waals surface area contributed by atoms with Gasteiger partial charge in [0, 0.05) is 14.1 Å². The third-order valence-electron chi connectivity index (χ3n) is 3.04. The summed E-state index contributed by atoms with van der Waals surface area (Å²) in [5.74, 6) is 0.548. The van der Waals surface area contributed by atoms with Gasteiger partial charge in [-0.1, -0.05) is 0 Å². The minimum atomic E-state index is -0.516. The number of rotatable bonds is 6. The molecule has 1 atom stereocenters. The second-order valence-electron chi connectivity index (χ2n) is 6.81. The second kappa shape index (κ2) is 7.73. The maximum absolute atomic E-state index is 10.3. The Hall–Kier alpha value is -1.97. The molecule has 0 saturated carbocycles. The fourth-order valence-corrected chi connectivity index (χ4v) is 2.26. The van der Waals surface area contributed by atoms with Gasteiger partial charge in [-0.25, -0.2) is 9.98 Å². The quantitative estimate of drug-likeness (QED) is 0.319. The maximum Gasteiger partial charge on any atom is 0.224 e. The summed E-state index contributed by atoms with van der Waals surface area (Å²) in [6.45, 7) is 1.01. The molecule has 3 N–H and O–H groups in total. The third-order valence-corrected chi connectivity index (χ3v) is 3.04. The lowest BCUT2D eigenvalue weighted by atomic mass is 10.3. The van der Waals surface area contributed by atoms with Crippen molar-refractivity contribution in [2.75, 3.05) is 47.5 Å². The fourth-order valence-electron chi connectivity index (χ4n) is 2.26. The van der Waals surface area contributed by atoms with E-state index in [0.717, 1.165) is 0 Å². The van der Waals surface area contributed by atoms with Crippen molar-refractivity contribution in [3.63, 3.8) is 0 Å². The summed E-state index contributed by atoms with van der Waals surface area (Å²) >= 11 is 0. The highest BCUT2D eigenvalue weighted by molar-refractivity contribution is 5.84. The molecule has 0 aliphatic carbocycles. The molecule has 0 amide bonds. The van der Waals surface area contributed by atoms with Gasteiger partial charge in [0.1, 0.15) is 12.6 Å². The van der Waals surface area contributed by atoms with Crippen LogP contribution in [0.25, 0.3) is 11.2 Å². The number of likely N-dealkylation sites (N-methyl/N-ethyl adjacent to an activating group) is 1. The Morgan fingerprint density at radius 1 is 1.38 bits per heavy atom. The Balaban J connectivity index is 0.00000288. The molecule has 0 aromatic carbocycles. The topological polar surface area (TPSA) is 105 Å². The smallest absolute Gasteiger partial charge is 0.224 e. The predicted molar refractivity (Wildman–Crippen MR) is 90.5 cm³/mol. The normalized spacial score (nSPS) is 13.2. The Kier molecular flexibility index (Phi) is 6.47. The Morgan fingerprint density at radius 2 is 2.04 bits per heavy atom. The highest BCUT2D eigenvalue weighted by Gasteiger charge is 2.18. The highest BCUT2D eigenvalue weighted by Crippen LogP contribution is 2.22. The molecule has 0 bridgehead atoms. The summed E-state index contributed by atoms with van der Waals surface area (Å²) in [5.41, 5.74) is 6.91. The van der Waals surface area contributed by atoms with Gasteiger partial charge in [-0.05, 0) is 0 Å². The van der Waals surface area contributed by atoms with Crippen LogP contribution in [0.5, 0.6) is 0 Å². The molecular formula is C14H25ClN8O. The standard InChI is InChI=1S/C14H25N8O.ClH/c1-20(2)8-17-12-11-13(19-14(15)18-12)21(9-16-11)6-10(23)7-22(3,4)5;/h8-10,23H,6-7H2,1-5H3,(H2,15,18,19);1H/q+1;/p-1/b17-8+;.